The molecule has 0 unspecified atom stereocenters. The van der Waals surface area contributed by atoms with Crippen LogP contribution in [0.4, 0.5) is 8.78 Å². The van der Waals surface area contributed by atoms with E-state index in [1.54, 1.807) is 20.8 Å². The van der Waals surface area contributed by atoms with Gasteiger partial charge in [0.2, 0.25) is 0 Å². The Morgan fingerprint density at radius 2 is 1.82 bits per heavy atom. The molecule has 0 saturated heterocycles. The Morgan fingerprint density at radius 1 is 1.45 bits per heavy atom. The summed E-state index contributed by atoms with van der Waals surface area (Å²) in [6.07, 6.45) is -0.247. The summed E-state index contributed by atoms with van der Waals surface area (Å²) in [6.45, 7) is 5.01. The highest BCUT2D eigenvalue weighted by atomic mass is 19.3. The second kappa shape index (κ2) is 2.02. The maximum atomic E-state index is 12.4. The van der Waals surface area contributed by atoms with Gasteiger partial charge in [0.25, 0.3) is 5.92 Å². The van der Waals surface area contributed by atoms with Crippen molar-refractivity contribution in [3.63, 3.8) is 0 Å². The first kappa shape index (κ1) is 8.62. The molecule has 1 saturated carbocycles. The Morgan fingerprint density at radius 3 is 1.91 bits per heavy atom. The van der Waals surface area contributed by atoms with Crippen molar-refractivity contribution in [2.45, 2.75) is 33.1 Å². The number of hydrogen-bond donors (Lipinski definition) is 0. The minimum Gasteiger partial charge on any atom is -0.299 e. The molecule has 0 spiro atoms. The monoisotopic (exact) mass is 162 g/mol. The Hall–Kier alpha value is -0.470. The molecule has 0 aromatic rings. The average molecular weight is 162 g/mol. The molecule has 0 radical (unpaired) electrons. The molecule has 1 aliphatic rings. The third-order valence-corrected chi connectivity index (χ3v) is 1.88. The van der Waals surface area contributed by atoms with Gasteiger partial charge in [-0.1, -0.05) is 20.8 Å². The standard InChI is InChI=1S/C8H12F2O/c1-7(2,3)6(11)5-4-8(5,9)10/h5H,4H2,1-3H3/t5-/m1/s1. The number of carbonyl (C=O) groups excluding carboxylic acids is 1. The molecule has 64 valence electrons. The highest BCUT2D eigenvalue weighted by Gasteiger charge is 2.62. The molecule has 0 N–H and O–H groups in total. The molecular weight excluding hydrogens is 150 g/mol. The molecule has 1 aliphatic carbocycles. The van der Waals surface area contributed by atoms with Crippen LogP contribution in [0.15, 0.2) is 0 Å². The zero-order valence-corrected chi connectivity index (χ0v) is 6.95. The van der Waals surface area contributed by atoms with Crippen LogP contribution in [-0.2, 0) is 4.79 Å². The van der Waals surface area contributed by atoms with Crippen LogP contribution in [0.1, 0.15) is 27.2 Å². The van der Waals surface area contributed by atoms with Gasteiger partial charge in [0, 0.05) is 11.8 Å². The molecule has 1 rings (SSSR count). The van der Waals surface area contributed by atoms with Gasteiger partial charge in [-0.25, -0.2) is 8.78 Å². The number of ketones is 1. The van der Waals surface area contributed by atoms with Gasteiger partial charge < -0.3 is 0 Å². The Labute approximate surface area is 64.8 Å². The molecule has 0 heterocycles. The predicted molar refractivity (Wildman–Crippen MR) is 37.5 cm³/mol. The Kier molecular flexibility index (Phi) is 1.58. The van der Waals surface area contributed by atoms with Crippen molar-refractivity contribution in [2.24, 2.45) is 11.3 Å². The minimum absolute atomic E-state index is 0.247. The van der Waals surface area contributed by atoms with E-state index in [0.717, 1.165) is 0 Å². The molecule has 0 aromatic heterocycles. The van der Waals surface area contributed by atoms with Crippen molar-refractivity contribution >= 4 is 5.78 Å². The third kappa shape index (κ3) is 1.57. The van der Waals surface area contributed by atoms with Crippen molar-refractivity contribution in [1.29, 1.82) is 0 Å². The van der Waals surface area contributed by atoms with Crippen molar-refractivity contribution < 1.29 is 13.6 Å². The van der Waals surface area contributed by atoms with Crippen molar-refractivity contribution in [3.05, 3.63) is 0 Å². The van der Waals surface area contributed by atoms with Gasteiger partial charge in [0.1, 0.15) is 5.78 Å². The molecule has 1 nitrogen and oxygen atoms in total. The quantitative estimate of drug-likeness (QED) is 0.578. The molecule has 0 amide bonds. The smallest absolute Gasteiger partial charge is 0.258 e. The van der Waals surface area contributed by atoms with Crippen LogP contribution in [0, 0.1) is 11.3 Å². The first-order valence-electron chi connectivity index (χ1n) is 3.67. The molecule has 1 fully saturated rings. The fourth-order valence-electron chi connectivity index (χ4n) is 1.02. The van der Waals surface area contributed by atoms with Crippen molar-refractivity contribution in [2.75, 3.05) is 0 Å². The molecule has 0 aliphatic heterocycles. The van der Waals surface area contributed by atoms with E-state index in [1.165, 1.54) is 0 Å². The zero-order chi connectivity index (χ0) is 8.86. The van der Waals surface area contributed by atoms with E-state index in [4.69, 9.17) is 0 Å². The molecule has 11 heavy (non-hydrogen) atoms. The van der Waals surface area contributed by atoms with E-state index in [2.05, 4.69) is 0 Å². The van der Waals surface area contributed by atoms with Gasteiger partial charge >= 0.3 is 0 Å². The highest BCUT2D eigenvalue weighted by molar-refractivity contribution is 5.89. The second-order valence-corrected chi connectivity index (χ2v) is 4.13. The fourth-order valence-corrected chi connectivity index (χ4v) is 1.02. The number of halogens is 2. The second-order valence-electron chi connectivity index (χ2n) is 4.13. The summed E-state index contributed by atoms with van der Waals surface area (Å²) in [4.78, 5) is 11.2. The number of Topliss-reactive ketones (excluding diaryl/α,β-unsaturated/α-hetero) is 1. The normalized spacial score (nSPS) is 28.3. The number of rotatable bonds is 1. The Balaban J connectivity index is 2.60. The first-order valence-corrected chi connectivity index (χ1v) is 3.67. The lowest BCUT2D eigenvalue weighted by molar-refractivity contribution is -0.129. The summed E-state index contributed by atoms with van der Waals surface area (Å²) in [6, 6.07) is 0. The summed E-state index contributed by atoms with van der Waals surface area (Å²) < 4.78 is 24.7. The van der Waals surface area contributed by atoms with E-state index in [-0.39, 0.29) is 12.2 Å². The summed E-state index contributed by atoms with van der Waals surface area (Å²) in [5.74, 6) is -4.02. The largest absolute Gasteiger partial charge is 0.299 e. The summed E-state index contributed by atoms with van der Waals surface area (Å²) >= 11 is 0. The number of carbonyl (C=O) groups is 1. The number of alkyl halides is 2. The predicted octanol–water partition coefficient (Wildman–Crippen LogP) is 2.26. The van der Waals surface area contributed by atoms with E-state index in [0.29, 0.717) is 0 Å². The van der Waals surface area contributed by atoms with Crippen LogP contribution >= 0.6 is 0 Å². The SMILES string of the molecule is CC(C)(C)C(=O)[C@H]1CC1(F)F. The maximum absolute atomic E-state index is 12.4. The first-order chi connectivity index (χ1) is 4.75. The molecule has 1 atom stereocenters. The third-order valence-electron chi connectivity index (χ3n) is 1.88. The van der Waals surface area contributed by atoms with Gasteiger partial charge in [-0.15, -0.1) is 0 Å². The summed E-state index contributed by atoms with van der Waals surface area (Å²) in [7, 11) is 0. The summed E-state index contributed by atoms with van der Waals surface area (Å²) in [5.41, 5.74) is -0.620. The maximum Gasteiger partial charge on any atom is 0.258 e. The van der Waals surface area contributed by atoms with Gasteiger partial charge in [-0.3, -0.25) is 4.79 Å². The molecule has 0 aromatic carbocycles. The average Bonchev–Trinajstić information content (AvgIpc) is 2.36. The number of hydrogen-bond acceptors (Lipinski definition) is 1. The van der Waals surface area contributed by atoms with Gasteiger partial charge in [-0.2, -0.15) is 0 Å². The van der Waals surface area contributed by atoms with Gasteiger partial charge in [-0.05, 0) is 0 Å². The van der Waals surface area contributed by atoms with E-state index < -0.39 is 17.3 Å². The van der Waals surface area contributed by atoms with Crippen LogP contribution in [0.5, 0.6) is 0 Å². The van der Waals surface area contributed by atoms with Crippen LogP contribution < -0.4 is 0 Å². The minimum atomic E-state index is -2.70. The lowest BCUT2D eigenvalue weighted by Crippen LogP contribution is -2.24. The highest BCUT2D eigenvalue weighted by Crippen LogP contribution is 2.51. The Bertz CT molecular complexity index is 191. The molecular formula is C8H12F2O. The van der Waals surface area contributed by atoms with Gasteiger partial charge in [0.15, 0.2) is 0 Å². The van der Waals surface area contributed by atoms with Crippen LogP contribution in [-0.4, -0.2) is 11.7 Å². The summed E-state index contributed by atoms with van der Waals surface area (Å²) in [5, 5.41) is 0. The fraction of sp³-hybridized carbons (Fsp3) is 0.875. The van der Waals surface area contributed by atoms with E-state index in [1.807, 2.05) is 0 Å². The van der Waals surface area contributed by atoms with Gasteiger partial charge in [0.05, 0.1) is 5.92 Å². The van der Waals surface area contributed by atoms with Crippen LogP contribution in [0.25, 0.3) is 0 Å². The molecule has 0 bridgehead atoms. The lowest BCUT2D eigenvalue weighted by Gasteiger charge is -2.15. The van der Waals surface area contributed by atoms with Crippen molar-refractivity contribution in [1.82, 2.24) is 0 Å². The molecule has 3 heteroatoms. The van der Waals surface area contributed by atoms with Crippen LogP contribution in [0.3, 0.4) is 0 Å². The zero-order valence-electron chi connectivity index (χ0n) is 6.95. The topological polar surface area (TPSA) is 17.1 Å². The lowest BCUT2D eigenvalue weighted by atomic mass is 9.88. The van der Waals surface area contributed by atoms with Crippen LogP contribution in [0.2, 0.25) is 0 Å². The van der Waals surface area contributed by atoms with Crippen molar-refractivity contribution in [3.8, 4) is 0 Å². The van der Waals surface area contributed by atoms with E-state index >= 15 is 0 Å². The van der Waals surface area contributed by atoms with E-state index in [9.17, 15) is 13.6 Å².